The number of phenolic OH excluding ortho intramolecular Hbond substituents is 1. The molecule has 0 bridgehead atoms. The number of piperazine rings is 1. The number of phenols is 1. The van der Waals surface area contributed by atoms with Crippen LogP contribution >= 0.6 is 0 Å². The van der Waals surface area contributed by atoms with Crippen LogP contribution in [0.5, 0.6) is 5.75 Å². The van der Waals surface area contributed by atoms with E-state index >= 15 is 0 Å². The highest BCUT2D eigenvalue weighted by Crippen LogP contribution is 2.20. The van der Waals surface area contributed by atoms with Gasteiger partial charge >= 0.3 is 0 Å². The molecule has 4 rings (SSSR count). The number of carbonyl (C=O) groups is 1. The first kappa shape index (κ1) is 19.8. The number of rotatable bonds is 5. The summed E-state index contributed by atoms with van der Waals surface area (Å²) in [6.07, 6.45) is 3.60. The summed E-state index contributed by atoms with van der Waals surface area (Å²) in [5.41, 5.74) is 2.55. The molecular weight excluding hydrogens is 362 g/mol. The Kier molecular flexibility index (Phi) is 6.35. The van der Waals surface area contributed by atoms with Gasteiger partial charge in [-0.25, -0.2) is 0 Å². The summed E-state index contributed by atoms with van der Waals surface area (Å²) < 4.78 is 0. The SMILES string of the molecule is O=C(C[NH+]1CCC(Cc2ccccc2)CC1)N1CCN(c2ccc(O)cc2)CC1. The minimum absolute atomic E-state index is 0.290. The van der Waals surface area contributed by atoms with Gasteiger partial charge in [0.15, 0.2) is 6.54 Å². The number of anilines is 1. The van der Waals surface area contributed by atoms with Crippen molar-refractivity contribution >= 4 is 11.6 Å². The number of aromatic hydroxyl groups is 1. The Morgan fingerprint density at radius 1 is 0.931 bits per heavy atom. The quantitative estimate of drug-likeness (QED) is 0.810. The summed E-state index contributed by atoms with van der Waals surface area (Å²) in [6, 6.07) is 18.1. The number of piperidine rings is 1. The first-order valence-electron chi connectivity index (χ1n) is 10.9. The van der Waals surface area contributed by atoms with Crippen LogP contribution < -0.4 is 9.80 Å². The number of hydrogen-bond donors (Lipinski definition) is 2. The van der Waals surface area contributed by atoms with Crippen LogP contribution in [-0.2, 0) is 11.2 Å². The number of quaternary nitrogens is 1. The first-order valence-corrected chi connectivity index (χ1v) is 10.9. The molecule has 29 heavy (non-hydrogen) atoms. The molecule has 0 aromatic heterocycles. The average Bonchev–Trinajstić information content (AvgIpc) is 2.76. The van der Waals surface area contributed by atoms with Gasteiger partial charge in [0.25, 0.3) is 5.91 Å². The van der Waals surface area contributed by atoms with Crippen LogP contribution in [0.3, 0.4) is 0 Å². The maximum absolute atomic E-state index is 12.8. The molecule has 2 fully saturated rings. The van der Waals surface area contributed by atoms with Crippen molar-refractivity contribution in [2.45, 2.75) is 19.3 Å². The standard InChI is InChI=1S/C24H31N3O2/c28-23-8-6-22(7-9-23)26-14-16-27(17-15-26)24(29)19-25-12-10-21(11-13-25)18-20-4-2-1-3-5-20/h1-9,21,28H,10-19H2/p+1. The number of nitrogens with one attached hydrogen (secondary N) is 1. The molecule has 0 spiro atoms. The zero-order chi connectivity index (χ0) is 20.1. The monoisotopic (exact) mass is 394 g/mol. The van der Waals surface area contributed by atoms with Gasteiger partial charge in [0, 0.05) is 31.9 Å². The molecule has 5 nitrogen and oxygen atoms in total. The van der Waals surface area contributed by atoms with E-state index in [1.807, 2.05) is 17.0 Å². The highest BCUT2D eigenvalue weighted by atomic mass is 16.3. The zero-order valence-electron chi connectivity index (χ0n) is 17.1. The Morgan fingerprint density at radius 2 is 1.59 bits per heavy atom. The fraction of sp³-hybridized carbons (Fsp3) is 0.458. The molecule has 0 atom stereocenters. The van der Waals surface area contributed by atoms with Crippen LogP contribution in [-0.4, -0.2) is 61.7 Å². The van der Waals surface area contributed by atoms with Gasteiger partial charge in [-0.1, -0.05) is 30.3 Å². The molecule has 2 aromatic rings. The third-order valence-corrected chi connectivity index (χ3v) is 6.43. The van der Waals surface area contributed by atoms with Crippen LogP contribution in [0.2, 0.25) is 0 Å². The van der Waals surface area contributed by atoms with Crippen molar-refractivity contribution in [3.8, 4) is 5.75 Å². The highest BCUT2D eigenvalue weighted by Gasteiger charge is 2.28. The second-order valence-electron chi connectivity index (χ2n) is 8.44. The Balaban J connectivity index is 1.19. The van der Waals surface area contributed by atoms with Gasteiger partial charge in [0.1, 0.15) is 5.75 Å². The maximum atomic E-state index is 12.8. The molecule has 2 N–H and O–H groups in total. The predicted molar refractivity (Wildman–Crippen MR) is 115 cm³/mol. The summed E-state index contributed by atoms with van der Waals surface area (Å²) in [4.78, 5) is 18.5. The third kappa shape index (κ3) is 5.30. The minimum Gasteiger partial charge on any atom is -0.508 e. The van der Waals surface area contributed by atoms with E-state index in [1.165, 1.54) is 29.7 Å². The number of nitrogens with zero attached hydrogens (tertiary/aromatic N) is 2. The fourth-order valence-corrected chi connectivity index (χ4v) is 4.62. The summed E-state index contributed by atoms with van der Waals surface area (Å²) in [5, 5.41) is 9.44. The van der Waals surface area contributed by atoms with Crippen molar-refractivity contribution < 1.29 is 14.8 Å². The fourth-order valence-electron chi connectivity index (χ4n) is 4.62. The summed E-state index contributed by atoms with van der Waals surface area (Å²) in [6.45, 7) is 6.12. The number of likely N-dealkylation sites (tertiary alicyclic amines) is 1. The van der Waals surface area contributed by atoms with E-state index in [1.54, 1.807) is 12.1 Å². The van der Waals surface area contributed by atoms with Crippen molar-refractivity contribution in [2.24, 2.45) is 5.92 Å². The lowest BCUT2D eigenvalue weighted by Crippen LogP contribution is -3.14. The number of amides is 1. The number of carbonyl (C=O) groups excluding carboxylic acids is 1. The number of benzene rings is 2. The molecule has 5 heteroatoms. The molecule has 1 amide bonds. The maximum Gasteiger partial charge on any atom is 0.277 e. The predicted octanol–water partition coefficient (Wildman–Crippen LogP) is 1.58. The topological polar surface area (TPSA) is 48.2 Å². The Hall–Kier alpha value is -2.53. The van der Waals surface area contributed by atoms with E-state index in [0.29, 0.717) is 12.5 Å². The van der Waals surface area contributed by atoms with Gasteiger partial charge in [-0.3, -0.25) is 4.79 Å². The zero-order valence-corrected chi connectivity index (χ0v) is 17.1. The minimum atomic E-state index is 0.290. The summed E-state index contributed by atoms with van der Waals surface area (Å²) >= 11 is 0. The van der Waals surface area contributed by atoms with Gasteiger partial charge in [0.05, 0.1) is 13.1 Å². The van der Waals surface area contributed by atoms with Crippen LogP contribution in [0, 0.1) is 5.92 Å². The Morgan fingerprint density at radius 3 is 2.24 bits per heavy atom. The van der Waals surface area contributed by atoms with Crippen molar-refractivity contribution in [1.29, 1.82) is 0 Å². The van der Waals surface area contributed by atoms with Crippen LogP contribution in [0.4, 0.5) is 5.69 Å². The van der Waals surface area contributed by atoms with Crippen LogP contribution in [0.15, 0.2) is 54.6 Å². The van der Waals surface area contributed by atoms with E-state index < -0.39 is 0 Å². The van der Waals surface area contributed by atoms with Crippen molar-refractivity contribution in [3.63, 3.8) is 0 Å². The lowest BCUT2D eigenvalue weighted by atomic mass is 9.90. The van der Waals surface area contributed by atoms with E-state index in [9.17, 15) is 9.90 Å². The molecule has 2 aromatic carbocycles. The van der Waals surface area contributed by atoms with E-state index in [0.717, 1.165) is 50.9 Å². The lowest BCUT2D eigenvalue weighted by Gasteiger charge is -2.37. The molecule has 0 aliphatic carbocycles. The van der Waals surface area contributed by atoms with Crippen molar-refractivity contribution in [1.82, 2.24) is 4.90 Å². The average molecular weight is 395 g/mol. The largest absolute Gasteiger partial charge is 0.508 e. The molecule has 154 valence electrons. The van der Waals surface area contributed by atoms with E-state index in [-0.39, 0.29) is 5.75 Å². The molecule has 0 saturated carbocycles. The number of hydrogen-bond acceptors (Lipinski definition) is 3. The van der Waals surface area contributed by atoms with E-state index in [2.05, 4.69) is 35.2 Å². The van der Waals surface area contributed by atoms with Gasteiger partial charge in [-0.2, -0.15) is 0 Å². The Bertz CT molecular complexity index is 778. The molecule has 2 saturated heterocycles. The van der Waals surface area contributed by atoms with Gasteiger partial charge < -0.3 is 19.8 Å². The van der Waals surface area contributed by atoms with E-state index in [4.69, 9.17) is 0 Å². The highest BCUT2D eigenvalue weighted by molar-refractivity contribution is 5.77. The van der Waals surface area contributed by atoms with Gasteiger partial charge in [-0.05, 0) is 55.0 Å². The van der Waals surface area contributed by atoms with Crippen molar-refractivity contribution in [2.75, 3.05) is 50.7 Å². The third-order valence-electron chi connectivity index (χ3n) is 6.43. The summed E-state index contributed by atoms with van der Waals surface area (Å²) in [7, 11) is 0. The molecule has 0 radical (unpaired) electrons. The normalized spacial score (nSPS) is 22.5. The van der Waals surface area contributed by atoms with Crippen molar-refractivity contribution in [3.05, 3.63) is 60.2 Å². The second-order valence-corrected chi connectivity index (χ2v) is 8.44. The second kappa shape index (κ2) is 9.31. The van der Waals surface area contributed by atoms with Crippen LogP contribution in [0.25, 0.3) is 0 Å². The first-order chi connectivity index (χ1) is 14.2. The Labute approximate surface area is 173 Å². The molecule has 2 aliphatic rings. The molecule has 2 aliphatic heterocycles. The molecule has 0 unspecified atom stereocenters. The molecular formula is C24H32N3O2+. The molecule has 2 heterocycles. The van der Waals surface area contributed by atoms with Gasteiger partial charge in [0.2, 0.25) is 0 Å². The summed E-state index contributed by atoms with van der Waals surface area (Å²) in [5.74, 6) is 1.34. The van der Waals surface area contributed by atoms with Crippen LogP contribution in [0.1, 0.15) is 18.4 Å². The van der Waals surface area contributed by atoms with Gasteiger partial charge in [-0.15, -0.1) is 0 Å². The lowest BCUT2D eigenvalue weighted by molar-refractivity contribution is -0.898. The smallest absolute Gasteiger partial charge is 0.277 e.